The van der Waals surface area contributed by atoms with E-state index in [4.69, 9.17) is 5.73 Å². The molecule has 0 aliphatic rings. The molecular weight excluding hydrogens is 300 g/mol. The Balaban J connectivity index is 1.90. The normalized spacial score (nSPS) is 10.5. The van der Waals surface area contributed by atoms with Gasteiger partial charge in [0.05, 0.1) is 27.1 Å². The molecule has 0 spiro atoms. The van der Waals surface area contributed by atoms with E-state index in [0.29, 0.717) is 5.69 Å². The number of nitrogens with two attached hydrogens (primary N) is 1. The SMILES string of the molecule is Cc1nc(CCNc2ncc(N)cc2Br)cs1. The van der Waals surface area contributed by atoms with Gasteiger partial charge in [-0.2, -0.15) is 0 Å². The third-order valence-corrected chi connectivity index (χ3v) is 3.63. The van der Waals surface area contributed by atoms with Gasteiger partial charge in [0.2, 0.25) is 0 Å². The molecular formula is C11H13BrN4S. The van der Waals surface area contributed by atoms with Crippen molar-refractivity contribution in [1.29, 1.82) is 0 Å². The molecule has 4 nitrogen and oxygen atoms in total. The lowest BCUT2D eigenvalue weighted by Crippen LogP contribution is -2.07. The topological polar surface area (TPSA) is 63.8 Å². The number of nitrogens with zero attached hydrogens (tertiary/aromatic N) is 2. The summed E-state index contributed by atoms with van der Waals surface area (Å²) < 4.78 is 0.881. The van der Waals surface area contributed by atoms with Gasteiger partial charge >= 0.3 is 0 Å². The predicted octanol–water partition coefficient (Wildman–Crippen LogP) is 2.85. The Labute approximate surface area is 112 Å². The van der Waals surface area contributed by atoms with Crippen LogP contribution >= 0.6 is 27.3 Å². The lowest BCUT2D eigenvalue weighted by Gasteiger charge is -2.06. The summed E-state index contributed by atoms with van der Waals surface area (Å²) in [5.74, 6) is 0.811. The van der Waals surface area contributed by atoms with Crippen molar-refractivity contribution in [3.05, 3.63) is 32.8 Å². The number of aryl methyl sites for hydroxylation is 1. The largest absolute Gasteiger partial charge is 0.397 e. The van der Waals surface area contributed by atoms with Gasteiger partial charge in [0, 0.05) is 18.3 Å². The Kier molecular flexibility index (Phi) is 3.96. The smallest absolute Gasteiger partial charge is 0.140 e. The number of anilines is 2. The van der Waals surface area contributed by atoms with Crippen LogP contribution in [0.25, 0.3) is 0 Å². The molecule has 2 aromatic rings. The molecule has 0 aliphatic heterocycles. The number of nitrogen functional groups attached to an aromatic ring is 1. The Hall–Kier alpha value is -1.14. The third-order valence-electron chi connectivity index (χ3n) is 2.20. The van der Waals surface area contributed by atoms with Crippen LogP contribution in [0.1, 0.15) is 10.7 Å². The van der Waals surface area contributed by atoms with E-state index in [-0.39, 0.29) is 0 Å². The molecule has 0 atom stereocenters. The molecule has 0 saturated carbocycles. The molecule has 2 aromatic heterocycles. The number of aromatic nitrogens is 2. The molecule has 0 radical (unpaired) electrons. The fourth-order valence-electron chi connectivity index (χ4n) is 1.41. The molecule has 2 rings (SSSR count). The van der Waals surface area contributed by atoms with Crippen LogP contribution < -0.4 is 11.1 Å². The van der Waals surface area contributed by atoms with Gasteiger partial charge in [-0.15, -0.1) is 11.3 Å². The minimum atomic E-state index is 0.651. The lowest BCUT2D eigenvalue weighted by atomic mass is 10.3. The molecule has 0 amide bonds. The van der Waals surface area contributed by atoms with E-state index in [2.05, 4.69) is 36.6 Å². The molecule has 6 heteroatoms. The van der Waals surface area contributed by atoms with Gasteiger partial charge in [-0.3, -0.25) is 0 Å². The lowest BCUT2D eigenvalue weighted by molar-refractivity contribution is 0.959. The van der Waals surface area contributed by atoms with Gasteiger partial charge in [-0.05, 0) is 28.9 Å². The number of hydrogen-bond donors (Lipinski definition) is 2. The Morgan fingerprint density at radius 1 is 1.53 bits per heavy atom. The van der Waals surface area contributed by atoms with Crippen LogP contribution in [0, 0.1) is 6.92 Å². The van der Waals surface area contributed by atoms with E-state index in [0.717, 1.165) is 34.0 Å². The van der Waals surface area contributed by atoms with E-state index < -0.39 is 0 Å². The first-order valence-electron chi connectivity index (χ1n) is 5.21. The maximum Gasteiger partial charge on any atom is 0.140 e. The number of hydrogen-bond acceptors (Lipinski definition) is 5. The average molecular weight is 313 g/mol. The Morgan fingerprint density at radius 2 is 2.35 bits per heavy atom. The molecule has 17 heavy (non-hydrogen) atoms. The molecule has 0 aliphatic carbocycles. The molecule has 2 heterocycles. The second-order valence-corrected chi connectivity index (χ2v) is 5.55. The van der Waals surface area contributed by atoms with Crippen LogP contribution in [0.2, 0.25) is 0 Å². The summed E-state index contributed by atoms with van der Waals surface area (Å²) in [6, 6.07) is 1.84. The van der Waals surface area contributed by atoms with Gasteiger partial charge in [0.15, 0.2) is 0 Å². The van der Waals surface area contributed by atoms with Gasteiger partial charge in [-0.25, -0.2) is 9.97 Å². The maximum absolute atomic E-state index is 5.62. The van der Waals surface area contributed by atoms with Gasteiger partial charge in [0.1, 0.15) is 5.82 Å². The van der Waals surface area contributed by atoms with Crippen molar-refractivity contribution in [1.82, 2.24) is 9.97 Å². The number of thiazole rings is 1. The number of nitrogens with one attached hydrogen (secondary N) is 1. The fourth-order valence-corrected chi connectivity index (χ4v) is 2.57. The zero-order chi connectivity index (χ0) is 12.3. The van der Waals surface area contributed by atoms with Crippen LogP contribution in [0.15, 0.2) is 22.1 Å². The van der Waals surface area contributed by atoms with Gasteiger partial charge in [-0.1, -0.05) is 0 Å². The fraction of sp³-hybridized carbons (Fsp3) is 0.273. The highest BCUT2D eigenvalue weighted by atomic mass is 79.9. The highest BCUT2D eigenvalue weighted by Crippen LogP contribution is 2.21. The molecule has 3 N–H and O–H groups in total. The summed E-state index contributed by atoms with van der Waals surface area (Å²) in [6.45, 7) is 2.82. The van der Waals surface area contributed by atoms with Crippen molar-refractivity contribution >= 4 is 38.8 Å². The minimum absolute atomic E-state index is 0.651. The summed E-state index contributed by atoms with van der Waals surface area (Å²) in [7, 11) is 0. The van der Waals surface area contributed by atoms with Crippen molar-refractivity contribution in [2.75, 3.05) is 17.6 Å². The van der Waals surface area contributed by atoms with Crippen LogP contribution in [0.4, 0.5) is 11.5 Å². The summed E-state index contributed by atoms with van der Waals surface area (Å²) in [5, 5.41) is 6.44. The molecule has 0 bridgehead atoms. The number of rotatable bonds is 4. The third kappa shape index (κ3) is 3.41. The Bertz CT molecular complexity index is 512. The minimum Gasteiger partial charge on any atom is -0.397 e. The van der Waals surface area contributed by atoms with Crippen molar-refractivity contribution in [3.63, 3.8) is 0 Å². The van der Waals surface area contributed by atoms with E-state index in [1.54, 1.807) is 17.5 Å². The number of pyridine rings is 1. The van der Waals surface area contributed by atoms with E-state index >= 15 is 0 Å². The standard InChI is InChI=1S/C11H13BrN4S/c1-7-16-9(6-17-7)2-3-14-11-10(12)4-8(13)5-15-11/h4-6H,2-3,13H2,1H3,(H,14,15). The highest BCUT2D eigenvalue weighted by molar-refractivity contribution is 9.10. The molecule has 0 fully saturated rings. The van der Waals surface area contributed by atoms with Crippen LogP contribution in [-0.4, -0.2) is 16.5 Å². The second-order valence-electron chi connectivity index (χ2n) is 3.63. The summed E-state index contributed by atoms with van der Waals surface area (Å²) in [6.07, 6.45) is 2.53. The van der Waals surface area contributed by atoms with Gasteiger partial charge in [0.25, 0.3) is 0 Å². The first-order chi connectivity index (χ1) is 8.15. The van der Waals surface area contributed by atoms with E-state index in [1.165, 1.54) is 0 Å². The summed E-state index contributed by atoms with van der Waals surface area (Å²) >= 11 is 5.09. The average Bonchev–Trinajstić information content (AvgIpc) is 2.68. The van der Waals surface area contributed by atoms with E-state index in [1.807, 2.05) is 13.0 Å². The zero-order valence-electron chi connectivity index (χ0n) is 9.40. The van der Waals surface area contributed by atoms with Crippen molar-refractivity contribution in [3.8, 4) is 0 Å². The molecule has 0 unspecified atom stereocenters. The summed E-state index contributed by atoms with van der Waals surface area (Å²) in [5.41, 5.74) is 7.39. The van der Waals surface area contributed by atoms with Crippen molar-refractivity contribution < 1.29 is 0 Å². The van der Waals surface area contributed by atoms with Crippen LogP contribution in [0.3, 0.4) is 0 Å². The monoisotopic (exact) mass is 312 g/mol. The van der Waals surface area contributed by atoms with Crippen LogP contribution in [0.5, 0.6) is 0 Å². The number of halogens is 1. The molecule has 0 saturated heterocycles. The second kappa shape index (κ2) is 5.46. The van der Waals surface area contributed by atoms with Gasteiger partial charge < -0.3 is 11.1 Å². The van der Waals surface area contributed by atoms with Crippen molar-refractivity contribution in [2.45, 2.75) is 13.3 Å². The zero-order valence-corrected chi connectivity index (χ0v) is 11.8. The predicted molar refractivity (Wildman–Crippen MR) is 75.4 cm³/mol. The Morgan fingerprint density at radius 3 is 3.00 bits per heavy atom. The van der Waals surface area contributed by atoms with Crippen molar-refractivity contribution in [2.24, 2.45) is 0 Å². The van der Waals surface area contributed by atoms with E-state index in [9.17, 15) is 0 Å². The quantitative estimate of drug-likeness (QED) is 0.911. The summed E-state index contributed by atoms with van der Waals surface area (Å²) in [4.78, 5) is 8.62. The molecule has 90 valence electrons. The molecule has 0 aromatic carbocycles. The maximum atomic E-state index is 5.62. The highest BCUT2D eigenvalue weighted by Gasteiger charge is 2.02. The first-order valence-corrected chi connectivity index (χ1v) is 6.88. The van der Waals surface area contributed by atoms with Crippen LogP contribution in [-0.2, 0) is 6.42 Å². The first kappa shape index (κ1) is 12.3.